The van der Waals surface area contributed by atoms with Gasteiger partial charge in [-0.05, 0) is 49.6 Å². The van der Waals surface area contributed by atoms with E-state index in [1.54, 1.807) is 0 Å². The Balaban J connectivity index is 1.80. The first-order chi connectivity index (χ1) is 8.27. The highest BCUT2D eigenvalue weighted by molar-refractivity contribution is 7.10. The number of thiophene rings is 1. The Morgan fingerprint density at radius 2 is 2.00 bits per heavy atom. The molecule has 1 atom stereocenters. The third-order valence-electron chi connectivity index (χ3n) is 4.16. The molecule has 1 heterocycles. The highest BCUT2D eigenvalue weighted by Crippen LogP contribution is 2.26. The monoisotopic (exact) mass is 251 g/mol. The van der Waals surface area contributed by atoms with E-state index >= 15 is 0 Å². The maximum Gasteiger partial charge on any atom is 0.0304 e. The van der Waals surface area contributed by atoms with Gasteiger partial charge in [-0.2, -0.15) is 0 Å². The minimum absolute atomic E-state index is 0.676. The van der Waals surface area contributed by atoms with Crippen LogP contribution in [0.15, 0.2) is 11.4 Å². The molecule has 1 aliphatic carbocycles. The highest BCUT2D eigenvalue weighted by atomic mass is 32.1. The smallest absolute Gasteiger partial charge is 0.0304 e. The van der Waals surface area contributed by atoms with Crippen LogP contribution in [0.1, 0.15) is 55.9 Å². The van der Waals surface area contributed by atoms with Crippen molar-refractivity contribution in [3.63, 3.8) is 0 Å². The van der Waals surface area contributed by atoms with Crippen LogP contribution in [0.4, 0.5) is 0 Å². The molecule has 1 aromatic rings. The van der Waals surface area contributed by atoms with Crippen molar-refractivity contribution in [1.29, 1.82) is 0 Å². The van der Waals surface area contributed by atoms with Crippen LogP contribution in [0.25, 0.3) is 0 Å². The lowest BCUT2D eigenvalue weighted by Gasteiger charge is -2.23. The van der Waals surface area contributed by atoms with Crippen molar-refractivity contribution in [1.82, 2.24) is 5.32 Å². The summed E-state index contributed by atoms with van der Waals surface area (Å²) < 4.78 is 0. The van der Waals surface area contributed by atoms with E-state index in [4.69, 9.17) is 0 Å². The van der Waals surface area contributed by atoms with Gasteiger partial charge in [0.15, 0.2) is 0 Å². The Morgan fingerprint density at radius 3 is 2.59 bits per heavy atom. The molecule has 0 amide bonds. The van der Waals surface area contributed by atoms with E-state index < -0.39 is 0 Å². The first-order valence-electron chi connectivity index (χ1n) is 7.03. The van der Waals surface area contributed by atoms with Crippen molar-refractivity contribution in [2.24, 2.45) is 5.92 Å². The fourth-order valence-corrected chi connectivity index (χ4v) is 3.67. The molecule has 0 radical (unpaired) electrons. The fourth-order valence-electron chi connectivity index (χ4n) is 2.82. The van der Waals surface area contributed by atoms with Gasteiger partial charge in [0.2, 0.25) is 0 Å². The molecular weight excluding hydrogens is 226 g/mol. The van der Waals surface area contributed by atoms with Crippen LogP contribution in [0, 0.1) is 12.8 Å². The molecular formula is C15H25NS. The second-order valence-electron chi connectivity index (χ2n) is 5.45. The Hall–Kier alpha value is -0.340. The van der Waals surface area contributed by atoms with E-state index in [9.17, 15) is 0 Å². The second kappa shape index (κ2) is 6.55. The lowest BCUT2D eigenvalue weighted by atomic mass is 9.93. The maximum absolute atomic E-state index is 3.73. The largest absolute Gasteiger partial charge is 0.309 e. The van der Waals surface area contributed by atoms with Crippen LogP contribution in [-0.4, -0.2) is 6.04 Å². The molecule has 0 bridgehead atoms. The zero-order valence-corrected chi connectivity index (χ0v) is 12.0. The van der Waals surface area contributed by atoms with Crippen molar-refractivity contribution < 1.29 is 0 Å². The quantitative estimate of drug-likeness (QED) is 0.777. The first kappa shape index (κ1) is 13.1. The molecule has 0 spiro atoms. The molecule has 0 saturated heterocycles. The molecule has 1 fully saturated rings. The van der Waals surface area contributed by atoms with Crippen LogP contribution >= 0.6 is 11.3 Å². The van der Waals surface area contributed by atoms with E-state index in [1.165, 1.54) is 49.0 Å². The van der Waals surface area contributed by atoms with Crippen molar-refractivity contribution in [2.45, 2.75) is 65.0 Å². The summed E-state index contributed by atoms with van der Waals surface area (Å²) in [6, 6.07) is 2.90. The van der Waals surface area contributed by atoms with Crippen LogP contribution < -0.4 is 5.32 Å². The predicted molar refractivity (Wildman–Crippen MR) is 76.5 cm³/mol. The van der Waals surface area contributed by atoms with Gasteiger partial charge < -0.3 is 5.32 Å². The van der Waals surface area contributed by atoms with Crippen molar-refractivity contribution in [3.05, 3.63) is 21.9 Å². The van der Waals surface area contributed by atoms with Gasteiger partial charge in [0.25, 0.3) is 0 Å². The molecule has 0 aliphatic heterocycles. The Kier molecular flexibility index (Phi) is 5.05. The Bertz CT molecular complexity index is 323. The summed E-state index contributed by atoms with van der Waals surface area (Å²) in [6.45, 7) is 5.64. The summed E-state index contributed by atoms with van der Waals surface area (Å²) in [5, 5.41) is 5.93. The summed E-state index contributed by atoms with van der Waals surface area (Å²) in [5.41, 5.74) is 1.44. The Morgan fingerprint density at radius 1 is 1.29 bits per heavy atom. The minimum atomic E-state index is 0.676. The third-order valence-corrected chi connectivity index (χ3v) is 5.18. The number of hydrogen-bond acceptors (Lipinski definition) is 2. The van der Waals surface area contributed by atoms with Crippen molar-refractivity contribution in [3.8, 4) is 0 Å². The lowest BCUT2D eigenvalue weighted by Crippen LogP contribution is -2.32. The molecule has 1 nitrogen and oxygen atoms in total. The van der Waals surface area contributed by atoms with E-state index in [0.29, 0.717) is 6.04 Å². The number of rotatable bonds is 4. The van der Waals surface area contributed by atoms with Gasteiger partial charge in [0, 0.05) is 17.5 Å². The number of hydrogen-bond donors (Lipinski definition) is 1. The van der Waals surface area contributed by atoms with E-state index in [-0.39, 0.29) is 0 Å². The molecule has 0 unspecified atom stereocenters. The number of nitrogens with one attached hydrogen (secondary N) is 1. The van der Waals surface area contributed by atoms with Crippen molar-refractivity contribution >= 4 is 11.3 Å². The molecule has 17 heavy (non-hydrogen) atoms. The summed E-state index contributed by atoms with van der Waals surface area (Å²) in [4.78, 5) is 1.51. The molecule has 1 aliphatic rings. The average Bonchev–Trinajstić information content (AvgIpc) is 2.58. The highest BCUT2D eigenvalue weighted by Gasteiger charge is 2.18. The molecule has 1 N–H and O–H groups in total. The third kappa shape index (κ3) is 3.82. The topological polar surface area (TPSA) is 12.0 Å². The van der Waals surface area contributed by atoms with E-state index in [1.807, 2.05) is 11.3 Å². The second-order valence-corrected chi connectivity index (χ2v) is 6.45. The minimum Gasteiger partial charge on any atom is -0.309 e. The normalized spacial score (nSPS) is 20.1. The van der Waals surface area contributed by atoms with Gasteiger partial charge in [0.05, 0.1) is 0 Å². The van der Waals surface area contributed by atoms with Gasteiger partial charge in [-0.25, -0.2) is 0 Å². The maximum atomic E-state index is 3.73. The Labute approximate surface area is 110 Å². The zero-order chi connectivity index (χ0) is 12.1. The van der Waals surface area contributed by atoms with E-state index in [2.05, 4.69) is 30.6 Å². The predicted octanol–water partition coefficient (Wildman–Crippen LogP) is 4.51. The first-order valence-corrected chi connectivity index (χ1v) is 7.91. The van der Waals surface area contributed by atoms with Crippen LogP contribution in [0.3, 0.4) is 0 Å². The van der Waals surface area contributed by atoms with Crippen LogP contribution in [0.2, 0.25) is 0 Å². The number of aryl methyl sites for hydroxylation is 1. The summed E-state index contributed by atoms with van der Waals surface area (Å²) in [6.07, 6.45) is 8.64. The van der Waals surface area contributed by atoms with Gasteiger partial charge in [-0.1, -0.05) is 25.7 Å². The molecule has 2 heteroatoms. The van der Waals surface area contributed by atoms with Crippen molar-refractivity contribution in [2.75, 3.05) is 0 Å². The SMILES string of the molecule is Cc1ccsc1CN[C@@H](C)C1CCCCCC1. The molecule has 0 aromatic carbocycles. The molecule has 1 saturated carbocycles. The molecule has 96 valence electrons. The van der Waals surface area contributed by atoms with Crippen LogP contribution in [-0.2, 0) is 6.54 Å². The van der Waals surface area contributed by atoms with Gasteiger partial charge in [-0.3, -0.25) is 0 Å². The summed E-state index contributed by atoms with van der Waals surface area (Å²) in [7, 11) is 0. The van der Waals surface area contributed by atoms with E-state index in [0.717, 1.165) is 12.5 Å². The fraction of sp³-hybridized carbons (Fsp3) is 0.733. The zero-order valence-electron chi connectivity index (χ0n) is 11.2. The van der Waals surface area contributed by atoms with Gasteiger partial charge in [0.1, 0.15) is 0 Å². The standard InChI is InChI=1S/C15H25NS/c1-12-9-10-17-15(12)11-16-13(2)14-7-5-3-4-6-8-14/h9-10,13-14,16H,3-8,11H2,1-2H3/t13-/m0/s1. The van der Waals surface area contributed by atoms with Gasteiger partial charge >= 0.3 is 0 Å². The molecule has 2 rings (SSSR count). The average molecular weight is 251 g/mol. The molecule has 1 aromatic heterocycles. The summed E-state index contributed by atoms with van der Waals surface area (Å²) in [5.74, 6) is 0.901. The lowest BCUT2D eigenvalue weighted by molar-refractivity contribution is 0.337. The van der Waals surface area contributed by atoms with Gasteiger partial charge in [-0.15, -0.1) is 11.3 Å². The summed E-state index contributed by atoms with van der Waals surface area (Å²) >= 11 is 1.88. The van der Waals surface area contributed by atoms with Crippen LogP contribution in [0.5, 0.6) is 0 Å².